The van der Waals surface area contributed by atoms with Crippen molar-refractivity contribution in [3.8, 4) is 0 Å². The van der Waals surface area contributed by atoms with Crippen LogP contribution in [0.1, 0.15) is 71.6 Å². The van der Waals surface area contributed by atoms with Crippen molar-refractivity contribution in [1.29, 1.82) is 0 Å². The number of rotatable bonds is 16. The minimum absolute atomic E-state index is 0.158. The predicted octanol–water partition coefficient (Wildman–Crippen LogP) is 3.50. The Morgan fingerprint density at radius 2 is 1.70 bits per heavy atom. The number of aliphatic hydroxyl groups is 1. The van der Waals surface area contributed by atoms with Crippen molar-refractivity contribution in [2.75, 3.05) is 32.8 Å². The molecule has 0 aromatic rings. The average molecular weight is 327 g/mol. The second-order valence-corrected chi connectivity index (χ2v) is 6.05. The Morgan fingerprint density at radius 3 is 2.35 bits per heavy atom. The van der Waals surface area contributed by atoms with Crippen molar-refractivity contribution in [2.24, 2.45) is 0 Å². The van der Waals surface area contributed by atoms with Crippen LogP contribution in [0.25, 0.3) is 0 Å². The Kier molecular flexibility index (Phi) is 16.8. The molecular formula is C19H38N2O2. The molecule has 0 saturated carbocycles. The van der Waals surface area contributed by atoms with E-state index >= 15 is 0 Å². The highest BCUT2D eigenvalue weighted by atomic mass is 16.2. The van der Waals surface area contributed by atoms with E-state index in [0.717, 1.165) is 51.9 Å². The predicted molar refractivity (Wildman–Crippen MR) is 98.6 cm³/mol. The molecule has 0 unspecified atom stereocenters. The monoisotopic (exact) mass is 326 g/mol. The van der Waals surface area contributed by atoms with Crippen LogP contribution in [0.2, 0.25) is 0 Å². The van der Waals surface area contributed by atoms with Gasteiger partial charge in [0.15, 0.2) is 0 Å². The summed E-state index contributed by atoms with van der Waals surface area (Å²) in [4.78, 5) is 14.1. The van der Waals surface area contributed by atoms with Gasteiger partial charge in [-0.2, -0.15) is 0 Å². The Labute approximate surface area is 143 Å². The van der Waals surface area contributed by atoms with Crippen molar-refractivity contribution < 1.29 is 9.90 Å². The lowest BCUT2D eigenvalue weighted by Crippen LogP contribution is -2.35. The van der Waals surface area contributed by atoms with Gasteiger partial charge in [-0.1, -0.05) is 51.7 Å². The maximum absolute atomic E-state index is 11.7. The van der Waals surface area contributed by atoms with Crippen molar-refractivity contribution in [3.63, 3.8) is 0 Å². The number of likely N-dealkylation sites (N-methyl/N-ethyl adjacent to an activating group) is 1. The Balaban J connectivity index is 3.54. The molecule has 0 radical (unpaired) electrons. The van der Waals surface area contributed by atoms with Crippen molar-refractivity contribution in [2.45, 2.75) is 71.6 Å². The Morgan fingerprint density at radius 1 is 1.00 bits per heavy atom. The third kappa shape index (κ3) is 15.8. The molecule has 0 rings (SSSR count). The molecule has 0 aromatic carbocycles. The number of hydrogen-bond acceptors (Lipinski definition) is 3. The molecule has 136 valence electrons. The van der Waals surface area contributed by atoms with E-state index in [2.05, 4.69) is 36.2 Å². The topological polar surface area (TPSA) is 52.6 Å². The number of aliphatic hydroxyl groups excluding tert-OH is 1. The average Bonchev–Trinajstić information content (AvgIpc) is 2.56. The molecule has 0 spiro atoms. The zero-order chi connectivity index (χ0) is 17.2. The van der Waals surface area contributed by atoms with Gasteiger partial charge in [-0.15, -0.1) is 0 Å². The first kappa shape index (κ1) is 22.1. The number of carbonyl (C=O) groups excluding carboxylic acids is 1. The zero-order valence-corrected chi connectivity index (χ0v) is 15.4. The number of amides is 1. The van der Waals surface area contributed by atoms with Crippen LogP contribution in [-0.4, -0.2) is 48.7 Å². The van der Waals surface area contributed by atoms with E-state index in [-0.39, 0.29) is 5.91 Å². The summed E-state index contributed by atoms with van der Waals surface area (Å²) in [6.07, 6.45) is 13.7. The Bertz CT molecular complexity index is 293. The number of unbranched alkanes of at least 4 members (excludes halogenated alkanes) is 5. The summed E-state index contributed by atoms with van der Waals surface area (Å²) < 4.78 is 0. The molecule has 1 amide bonds. The molecule has 0 aliphatic carbocycles. The molecule has 2 N–H and O–H groups in total. The molecule has 23 heavy (non-hydrogen) atoms. The van der Waals surface area contributed by atoms with E-state index in [1.165, 1.54) is 25.7 Å². The van der Waals surface area contributed by atoms with Crippen LogP contribution in [0.15, 0.2) is 12.2 Å². The molecule has 0 aliphatic heterocycles. The largest absolute Gasteiger partial charge is 0.396 e. The maximum atomic E-state index is 11.7. The van der Waals surface area contributed by atoms with Crippen molar-refractivity contribution in [3.05, 3.63) is 12.2 Å². The van der Waals surface area contributed by atoms with Gasteiger partial charge in [-0.05, 0) is 38.8 Å². The van der Waals surface area contributed by atoms with Crippen LogP contribution >= 0.6 is 0 Å². The molecule has 0 aliphatic rings. The Hall–Kier alpha value is -0.870. The van der Waals surface area contributed by atoms with Crippen LogP contribution in [0.5, 0.6) is 0 Å². The van der Waals surface area contributed by atoms with Crippen LogP contribution in [-0.2, 0) is 4.79 Å². The quantitative estimate of drug-likeness (QED) is 0.337. The lowest BCUT2D eigenvalue weighted by atomic mass is 10.1. The summed E-state index contributed by atoms with van der Waals surface area (Å²) in [5, 5.41) is 11.7. The molecule has 0 atom stereocenters. The summed E-state index contributed by atoms with van der Waals surface area (Å²) in [5.74, 6) is 0.158. The third-order valence-corrected chi connectivity index (χ3v) is 4.02. The molecule has 4 heteroatoms. The van der Waals surface area contributed by atoms with Gasteiger partial charge in [0, 0.05) is 26.1 Å². The summed E-state index contributed by atoms with van der Waals surface area (Å²) in [5.41, 5.74) is 0. The van der Waals surface area contributed by atoms with Gasteiger partial charge in [0.25, 0.3) is 0 Å². The number of hydrogen-bond donors (Lipinski definition) is 2. The fourth-order valence-electron chi connectivity index (χ4n) is 2.52. The third-order valence-electron chi connectivity index (χ3n) is 4.02. The standard InChI is InChI=1S/C19H38N2O2/c1-3-5-6-11-14-19(23)20-15-17-21(4-2)16-12-9-7-8-10-13-18-22/h5-6,22H,3-4,7-18H2,1-2H3,(H,20,23)/b6-5+. The number of nitrogens with zero attached hydrogens (tertiary/aromatic N) is 1. The molecule has 0 fully saturated rings. The van der Waals surface area contributed by atoms with E-state index < -0.39 is 0 Å². The molecule has 4 nitrogen and oxygen atoms in total. The highest BCUT2D eigenvalue weighted by Crippen LogP contribution is 2.06. The number of nitrogens with one attached hydrogen (secondary N) is 1. The van der Waals surface area contributed by atoms with Crippen LogP contribution in [0.3, 0.4) is 0 Å². The summed E-state index contributed by atoms with van der Waals surface area (Å²) in [6, 6.07) is 0. The normalized spacial score (nSPS) is 11.5. The van der Waals surface area contributed by atoms with Gasteiger partial charge in [0.1, 0.15) is 0 Å². The fraction of sp³-hybridized carbons (Fsp3) is 0.842. The second kappa shape index (κ2) is 17.5. The maximum Gasteiger partial charge on any atom is 0.220 e. The number of carbonyl (C=O) groups is 1. The first-order chi connectivity index (χ1) is 11.2. The van der Waals surface area contributed by atoms with Gasteiger partial charge in [0.2, 0.25) is 5.91 Å². The van der Waals surface area contributed by atoms with Crippen LogP contribution < -0.4 is 5.32 Å². The second-order valence-electron chi connectivity index (χ2n) is 6.05. The van der Waals surface area contributed by atoms with E-state index in [0.29, 0.717) is 13.0 Å². The van der Waals surface area contributed by atoms with Gasteiger partial charge in [-0.3, -0.25) is 4.79 Å². The summed E-state index contributed by atoms with van der Waals surface area (Å²) >= 11 is 0. The first-order valence-electron chi connectivity index (χ1n) is 9.49. The lowest BCUT2D eigenvalue weighted by molar-refractivity contribution is -0.121. The highest BCUT2D eigenvalue weighted by Gasteiger charge is 2.04. The van der Waals surface area contributed by atoms with Gasteiger partial charge in [0.05, 0.1) is 0 Å². The van der Waals surface area contributed by atoms with E-state index in [1.807, 2.05) is 0 Å². The SMILES string of the molecule is CC/C=C/CCC(=O)NCCN(CC)CCCCCCCCO. The zero-order valence-electron chi connectivity index (χ0n) is 15.4. The summed E-state index contributed by atoms with van der Waals surface area (Å²) in [7, 11) is 0. The summed E-state index contributed by atoms with van der Waals surface area (Å²) in [6.45, 7) is 8.46. The molecule has 0 bridgehead atoms. The first-order valence-corrected chi connectivity index (χ1v) is 9.49. The molecular weight excluding hydrogens is 288 g/mol. The van der Waals surface area contributed by atoms with E-state index in [9.17, 15) is 4.79 Å². The van der Waals surface area contributed by atoms with Gasteiger partial charge >= 0.3 is 0 Å². The van der Waals surface area contributed by atoms with Gasteiger partial charge < -0.3 is 15.3 Å². The molecule has 0 aromatic heterocycles. The highest BCUT2D eigenvalue weighted by molar-refractivity contribution is 5.75. The van der Waals surface area contributed by atoms with Crippen LogP contribution in [0, 0.1) is 0 Å². The van der Waals surface area contributed by atoms with E-state index in [4.69, 9.17) is 5.11 Å². The molecule has 0 heterocycles. The van der Waals surface area contributed by atoms with Crippen LogP contribution in [0.4, 0.5) is 0 Å². The van der Waals surface area contributed by atoms with Crippen molar-refractivity contribution in [1.82, 2.24) is 10.2 Å². The van der Waals surface area contributed by atoms with Crippen molar-refractivity contribution >= 4 is 5.91 Å². The molecule has 0 saturated heterocycles. The minimum Gasteiger partial charge on any atom is -0.396 e. The fourth-order valence-corrected chi connectivity index (χ4v) is 2.52. The van der Waals surface area contributed by atoms with Gasteiger partial charge in [-0.25, -0.2) is 0 Å². The van der Waals surface area contributed by atoms with E-state index in [1.54, 1.807) is 0 Å². The minimum atomic E-state index is 0.158. The lowest BCUT2D eigenvalue weighted by Gasteiger charge is -2.20. The smallest absolute Gasteiger partial charge is 0.220 e. The number of allylic oxidation sites excluding steroid dienone is 2.